The fourth-order valence-corrected chi connectivity index (χ4v) is 2.10. The Hall–Kier alpha value is -0.530. The van der Waals surface area contributed by atoms with E-state index >= 15 is 0 Å². The highest BCUT2D eigenvalue weighted by Crippen LogP contribution is 2.28. The van der Waals surface area contributed by atoms with E-state index < -0.39 is 0 Å². The summed E-state index contributed by atoms with van der Waals surface area (Å²) in [7, 11) is 0. The SMILES string of the molecule is CCC1CCCCC1N=C(C)N. The minimum absolute atomic E-state index is 0.522. The van der Waals surface area contributed by atoms with E-state index in [4.69, 9.17) is 5.73 Å². The molecule has 0 aromatic rings. The first kappa shape index (κ1) is 9.56. The molecule has 2 nitrogen and oxygen atoms in total. The van der Waals surface area contributed by atoms with Crippen LogP contribution in [0.3, 0.4) is 0 Å². The van der Waals surface area contributed by atoms with Gasteiger partial charge in [-0.25, -0.2) is 0 Å². The molecule has 1 aliphatic carbocycles. The molecule has 0 spiro atoms. The summed E-state index contributed by atoms with van der Waals surface area (Å²) in [6, 6.07) is 0.522. The second kappa shape index (κ2) is 4.48. The summed E-state index contributed by atoms with van der Waals surface area (Å²) in [6.07, 6.45) is 6.55. The van der Waals surface area contributed by atoms with Gasteiger partial charge in [0.05, 0.1) is 11.9 Å². The van der Waals surface area contributed by atoms with E-state index in [0.717, 1.165) is 11.8 Å². The molecular formula is C10H20N2. The van der Waals surface area contributed by atoms with Crippen molar-refractivity contribution in [3.63, 3.8) is 0 Å². The number of aliphatic imine (C=N–C) groups is 1. The minimum atomic E-state index is 0.522. The summed E-state index contributed by atoms with van der Waals surface area (Å²) in [5.74, 6) is 1.54. The number of hydrogen-bond acceptors (Lipinski definition) is 1. The maximum Gasteiger partial charge on any atom is 0.0909 e. The predicted molar refractivity (Wildman–Crippen MR) is 53.3 cm³/mol. The highest BCUT2D eigenvalue weighted by Gasteiger charge is 2.22. The van der Waals surface area contributed by atoms with E-state index in [-0.39, 0.29) is 0 Å². The Morgan fingerprint density at radius 1 is 1.42 bits per heavy atom. The lowest BCUT2D eigenvalue weighted by atomic mass is 9.83. The molecule has 0 saturated heterocycles. The standard InChI is InChI=1S/C10H20N2/c1-3-9-6-4-5-7-10(9)12-8(2)11/h9-10H,3-7H2,1-2H3,(H2,11,12). The van der Waals surface area contributed by atoms with E-state index in [1.165, 1.54) is 32.1 Å². The lowest BCUT2D eigenvalue weighted by molar-refractivity contribution is 0.302. The van der Waals surface area contributed by atoms with Gasteiger partial charge in [-0.2, -0.15) is 0 Å². The second-order valence-corrected chi connectivity index (χ2v) is 3.79. The zero-order chi connectivity index (χ0) is 8.97. The van der Waals surface area contributed by atoms with Crippen molar-refractivity contribution in [3.05, 3.63) is 0 Å². The van der Waals surface area contributed by atoms with Crippen molar-refractivity contribution in [1.29, 1.82) is 0 Å². The van der Waals surface area contributed by atoms with Crippen molar-refractivity contribution < 1.29 is 0 Å². The first-order valence-electron chi connectivity index (χ1n) is 5.04. The Bertz CT molecular complexity index is 159. The molecule has 70 valence electrons. The van der Waals surface area contributed by atoms with Gasteiger partial charge in [-0.1, -0.05) is 26.2 Å². The lowest BCUT2D eigenvalue weighted by Gasteiger charge is -2.27. The van der Waals surface area contributed by atoms with Gasteiger partial charge >= 0.3 is 0 Å². The number of hydrogen-bond donors (Lipinski definition) is 1. The number of rotatable bonds is 2. The molecular weight excluding hydrogens is 148 g/mol. The molecule has 2 atom stereocenters. The van der Waals surface area contributed by atoms with Crippen molar-refractivity contribution in [3.8, 4) is 0 Å². The van der Waals surface area contributed by atoms with E-state index in [1.807, 2.05) is 6.92 Å². The summed E-state index contributed by atoms with van der Waals surface area (Å²) < 4.78 is 0. The smallest absolute Gasteiger partial charge is 0.0909 e. The molecule has 1 aliphatic rings. The third kappa shape index (κ3) is 2.50. The number of amidine groups is 1. The summed E-state index contributed by atoms with van der Waals surface area (Å²) in [5.41, 5.74) is 5.59. The molecule has 2 heteroatoms. The predicted octanol–water partition coefficient (Wildman–Crippen LogP) is 2.33. The van der Waals surface area contributed by atoms with E-state index in [9.17, 15) is 0 Å². The molecule has 1 rings (SSSR count). The lowest BCUT2D eigenvalue weighted by Crippen LogP contribution is -2.25. The minimum Gasteiger partial charge on any atom is -0.388 e. The monoisotopic (exact) mass is 168 g/mol. The third-order valence-corrected chi connectivity index (χ3v) is 2.76. The van der Waals surface area contributed by atoms with Gasteiger partial charge in [-0.15, -0.1) is 0 Å². The van der Waals surface area contributed by atoms with Gasteiger partial charge in [-0.3, -0.25) is 4.99 Å². The Balaban J connectivity index is 2.53. The summed E-state index contributed by atoms with van der Waals surface area (Å²) in [6.45, 7) is 4.14. The average molecular weight is 168 g/mol. The summed E-state index contributed by atoms with van der Waals surface area (Å²) >= 11 is 0. The Morgan fingerprint density at radius 3 is 2.67 bits per heavy atom. The summed E-state index contributed by atoms with van der Waals surface area (Å²) in [5, 5.41) is 0. The van der Waals surface area contributed by atoms with Gasteiger partial charge < -0.3 is 5.73 Å². The van der Waals surface area contributed by atoms with Crippen LogP contribution in [0.2, 0.25) is 0 Å². The van der Waals surface area contributed by atoms with Crippen LogP contribution in [0.1, 0.15) is 46.0 Å². The van der Waals surface area contributed by atoms with Gasteiger partial charge in [0.25, 0.3) is 0 Å². The van der Waals surface area contributed by atoms with E-state index in [2.05, 4.69) is 11.9 Å². The van der Waals surface area contributed by atoms with E-state index in [0.29, 0.717) is 6.04 Å². The van der Waals surface area contributed by atoms with Crippen molar-refractivity contribution in [2.45, 2.75) is 52.0 Å². The van der Waals surface area contributed by atoms with E-state index in [1.54, 1.807) is 0 Å². The van der Waals surface area contributed by atoms with Gasteiger partial charge in [0, 0.05) is 0 Å². The molecule has 0 amide bonds. The molecule has 0 heterocycles. The van der Waals surface area contributed by atoms with Gasteiger partial charge in [0.15, 0.2) is 0 Å². The molecule has 1 fully saturated rings. The Kier molecular flexibility index (Phi) is 3.57. The van der Waals surface area contributed by atoms with Crippen LogP contribution >= 0.6 is 0 Å². The molecule has 2 unspecified atom stereocenters. The molecule has 0 aliphatic heterocycles. The fraction of sp³-hybridized carbons (Fsp3) is 0.900. The highest BCUT2D eigenvalue weighted by atomic mass is 14.9. The van der Waals surface area contributed by atoms with Crippen molar-refractivity contribution in [2.24, 2.45) is 16.6 Å². The van der Waals surface area contributed by atoms with Crippen molar-refractivity contribution in [2.75, 3.05) is 0 Å². The van der Waals surface area contributed by atoms with Crippen molar-refractivity contribution >= 4 is 5.84 Å². The zero-order valence-corrected chi connectivity index (χ0v) is 8.21. The van der Waals surface area contributed by atoms with Gasteiger partial charge in [0.1, 0.15) is 0 Å². The van der Waals surface area contributed by atoms with Crippen LogP contribution in [0.25, 0.3) is 0 Å². The molecule has 0 aromatic carbocycles. The van der Waals surface area contributed by atoms with Gasteiger partial charge in [0.2, 0.25) is 0 Å². The molecule has 0 aromatic heterocycles. The highest BCUT2D eigenvalue weighted by molar-refractivity contribution is 5.77. The van der Waals surface area contributed by atoms with Crippen LogP contribution in [0.15, 0.2) is 4.99 Å². The third-order valence-electron chi connectivity index (χ3n) is 2.76. The van der Waals surface area contributed by atoms with Gasteiger partial charge in [-0.05, 0) is 25.7 Å². The number of nitrogens with two attached hydrogens (primary N) is 1. The van der Waals surface area contributed by atoms with Crippen LogP contribution < -0.4 is 5.73 Å². The number of nitrogens with zero attached hydrogens (tertiary/aromatic N) is 1. The quantitative estimate of drug-likeness (QED) is 0.499. The topological polar surface area (TPSA) is 38.4 Å². The molecule has 12 heavy (non-hydrogen) atoms. The van der Waals surface area contributed by atoms with Crippen LogP contribution in [0, 0.1) is 5.92 Å². The van der Waals surface area contributed by atoms with Crippen LogP contribution in [-0.4, -0.2) is 11.9 Å². The van der Waals surface area contributed by atoms with Crippen molar-refractivity contribution in [1.82, 2.24) is 0 Å². The molecule has 0 bridgehead atoms. The first-order valence-corrected chi connectivity index (χ1v) is 5.04. The maximum absolute atomic E-state index is 5.59. The average Bonchev–Trinajstić information content (AvgIpc) is 2.04. The first-order chi connectivity index (χ1) is 5.74. The fourth-order valence-electron chi connectivity index (χ4n) is 2.10. The summed E-state index contributed by atoms with van der Waals surface area (Å²) in [4.78, 5) is 4.48. The second-order valence-electron chi connectivity index (χ2n) is 3.79. The normalized spacial score (nSPS) is 32.0. The molecule has 1 saturated carbocycles. The molecule has 2 N–H and O–H groups in total. The zero-order valence-electron chi connectivity index (χ0n) is 8.21. The van der Waals surface area contributed by atoms with Crippen LogP contribution in [0.4, 0.5) is 0 Å². The van der Waals surface area contributed by atoms with Crippen LogP contribution in [-0.2, 0) is 0 Å². The largest absolute Gasteiger partial charge is 0.388 e. The maximum atomic E-state index is 5.59. The Morgan fingerprint density at radius 2 is 2.08 bits per heavy atom. The van der Waals surface area contributed by atoms with Crippen LogP contribution in [0.5, 0.6) is 0 Å². The molecule has 0 radical (unpaired) electrons. The Labute approximate surface area is 75.3 Å².